The highest BCUT2D eigenvalue weighted by atomic mass is 32.2. The Labute approximate surface area is 105 Å². The van der Waals surface area contributed by atoms with Gasteiger partial charge in [-0.15, -0.1) is 0 Å². The maximum absolute atomic E-state index is 12.6. The highest BCUT2D eigenvalue weighted by molar-refractivity contribution is 7.98. The van der Waals surface area contributed by atoms with Crippen molar-refractivity contribution in [3.05, 3.63) is 30.1 Å². The standard InChI is InChI=1S/C12H17FN2OS/c1-8(2)7-11(14)12(16)15-17-10-5-3-9(13)4-6-10/h3-6,8,11H,7,14H2,1-2H3,(H,15,16). The molecule has 1 amide bonds. The van der Waals surface area contributed by atoms with Crippen LogP contribution in [0.4, 0.5) is 4.39 Å². The Morgan fingerprint density at radius 2 is 2.00 bits per heavy atom. The molecule has 0 aliphatic rings. The lowest BCUT2D eigenvalue weighted by molar-refractivity contribution is -0.120. The highest BCUT2D eigenvalue weighted by Crippen LogP contribution is 2.15. The Morgan fingerprint density at radius 1 is 1.41 bits per heavy atom. The van der Waals surface area contributed by atoms with Crippen LogP contribution >= 0.6 is 11.9 Å². The van der Waals surface area contributed by atoms with Crippen LogP contribution in [0.5, 0.6) is 0 Å². The first-order valence-electron chi connectivity index (χ1n) is 5.47. The summed E-state index contributed by atoms with van der Waals surface area (Å²) in [7, 11) is 0. The van der Waals surface area contributed by atoms with Crippen LogP contribution < -0.4 is 10.5 Å². The number of nitrogens with two attached hydrogens (primary N) is 1. The summed E-state index contributed by atoms with van der Waals surface area (Å²) in [6.45, 7) is 4.03. The summed E-state index contributed by atoms with van der Waals surface area (Å²) in [6, 6.07) is 5.41. The fourth-order valence-electron chi connectivity index (χ4n) is 1.30. The third-order valence-corrected chi connectivity index (χ3v) is 2.96. The van der Waals surface area contributed by atoms with E-state index in [9.17, 15) is 9.18 Å². The minimum atomic E-state index is -0.497. The number of hydrogen-bond donors (Lipinski definition) is 2. The van der Waals surface area contributed by atoms with Crippen molar-refractivity contribution in [2.45, 2.75) is 31.2 Å². The lowest BCUT2D eigenvalue weighted by Gasteiger charge is -2.13. The summed E-state index contributed by atoms with van der Waals surface area (Å²) in [5, 5.41) is 0. The number of carbonyl (C=O) groups is 1. The molecule has 0 aliphatic heterocycles. The zero-order valence-electron chi connectivity index (χ0n) is 9.94. The van der Waals surface area contributed by atoms with E-state index in [-0.39, 0.29) is 11.7 Å². The predicted molar refractivity (Wildman–Crippen MR) is 67.8 cm³/mol. The van der Waals surface area contributed by atoms with E-state index in [1.807, 2.05) is 13.8 Å². The second kappa shape index (κ2) is 6.61. The molecule has 0 heterocycles. The van der Waals surface area contributed by atoms with Gasteiger partial charge >= 0.3 is 0 Å². The molecule has 1 unspecified atom stereocenters. The minimum Gasteiger partial charge on any atom is -0.320 e. The second-order valence-electron chi connectivity index (χ2n) is 4.26. The summed E-state index contributed by atoms with van der Waals surface area (Å²) in [5.41, 5.74) is 5.72. The molecule has 1 atom stereocenters. The molecular weight excluding hydrogens is 239 g/mol. The molecule has 0 radical (unpaired) electrons. The van der Waals surface area contributed by atoms with Crippen LogP contribution in [0.15, 0.2) is 29.2 Å². The lowest BCUT2D eigenvalue weighted by Crippen LogP contribution is -2.38. The van der Waals surface area contributed by atoms with E-state index in [0.29, 0.717) is 12.3 Å². The van der Waals surface area contributed by atoms with Crippen molar-refractivity contribution in [1.82, 2.24) is 4.72 Å². The number of nitrogens with one attached hydrogen (secondary N) is 1. The molecule has 1 rings (SSSR count). The average Bonchev–Trinajstić information content (AvgIpc) is 2.27. The molecule has 0 bridgehead atoms. The van der Waals surface area contributed by atoms with Crippen LogP contribution in [0.1, 0.15) is 20.3 Å². The minimum absolute atomic E-state index is 0.201. The van der Waals surface area contributed by atoms with E-state index in [1.54, 1.807) is 12.1 Å². The Morgan fingerprint density at radius 3 is 2.53 bits per heavy atom. The Hall–Kier alpha value is -1.07. The summed E-state index contributed by atoms with van der Waals surface area (Å²) >= 11 is 1.15. The van der Waals surface area contributed by atoms with Crippen molar-refractivity contribution in [1.29, 1.82) is 0 Å². The monoisotopic (exact) mass is 256 g/mol. The number of amides is 1. The SMILES string of the molecule is CC(C)CC(N)C(=O)NSc1ccc(F)cc1. The molecule has 1 aromatic rings. The molecule has 0 spiro atoms. The Kier molecular flexibility index (Phi) is 5.44. The van der Waals surface area contributed by atoms with Crippen LogP contribution in [-0.2, 0) is 4.79 Å². The molecule has 0 aliphatic carbocycles. The molecule has 1 aromatic carbocycles. The van der Waals surface area contributed by atoms with Crippen LogP contribution in [0, 0.1) is 11.7 Å². The molecule has 5 heteroatoms. The zero-order valence-corrected chi connectivity index (χ0v) is 10.8. The first-order valence-corrected chi connectivity index (χ1v) is 6.28. The van der Waals surface area contributed by atoms with Gasteiger partial charge in [0.2, 0.25) is 5.91 Å². The summed E-state index contributed by atoms with van der Waals surface area (Å²) in [6.07, 6.45) is 0.649. The van der Waals surface area contributed by atoms with E-state index in [0.717, 1.165) is 16.8 Å². The number of hydrogen-bond acceptors (Lipinski definition) is 3. The Bertz CT molecular complexity index is 367. The lowest BCUT2D eigenvalue weighted by atomic mass is 10.0. The van der Waals surface area contributed by atoms with Crippen LogP contribution in [0.3, 0.4) is 0 Å². The van der Waals surface area contributed by atoms with Crippen molar-refractivity contribution >= 4 is 17.9 Å². The van der Waals surface area contributed by atoms with Crippen LogP contribution in [0.2, 0.25) is 0 Å². The summed E-state index contributed by atoms with van der Waals surface area (Å²) < 4.78 is 15.3. The summed E-state index contributed by atoms with van der Waals surface area (Å²) in [4.78, 5) is 12.4. The molecule has 94 valence electrons. The van der Waals surface area contributed by atoms with Gasteiger partial charge in [-0.3, -0.25) is 9.52 Å². The maximum Gasteiger partial charge on any atom is 0.246 e. The molecule has 0 saturated carbocycles. The van der Waals surface area contributed by atoms with Crippen LogP contribution in [-0.4, -0.2) is 11.9 Å². The average molecular weight is 256 g/mol. The smallest absolute Gasteiger partial charge is 0.246 e. The van der Waals surface area contributed by atoms with E-state index in [1.165, 1.54) is 12.1 Å². The van der Waals surface area contributed by atoms with Crippen molar-refractivity contribution in [2.75, 3.05) is 0 Å². The largest absolute Gasteiger partial charge is 0.320 e. The Balaban J connectivity index is 2.40. The van der Waals surface area contributed by atoms with Gasteiger partial charge in [0.1, 0.15) is 5.82 Å². The quantitative estimate of drug-likeness (QED) is 0.795. The van der Waals surface area contributed by atoms with Gasteiger partial charge in [-0.1, -0.05) is 13.8 Å². The molecule has 3 nitrogen and oxygen atoms in total. The molecule has 3 N–H and O–H groups in total. The van der Waals surface area contributed by atoms with Gasteiger partial charge in [-0.05, 0) is 48.6 Å². The van der Waals surface area contributed by atoms with Gasteiger partial charge in [0.05, 0.1) is 6.04 Å². The topological polar surface area (TPSA) is 55.1 Å². The van der Waals surface area contributed by atoms with Gasteiger partial charge < -0.3 is 5.73 Å². The first kappa shape index (κ1) is 14.0. The van der Waals surface area contributed by atoms with Gasteiger partial charge in [-0.25, -0.2) is 4.39 Å². The summed E-state index contributed by atoms with van der Waals surface area (Å²) in [5.74, 6) is -0.114. The number of benzene rings is 1. The van der Waals surface area contributed by atoms with Crippen molar-refractivity contribution in [2.24, 2.45) is 11.7 Å². The third-order valence-electron chi connectivity index (χ3n) is 2.15. The first-order chi connectivity index (χ1) is 7.99. The van der Waals surface area contributed by atoms with Gasteiger partial charge in [0, 0.05) is 4.90 Å². The molecule has 0 saturated heterocycles. The van der Waals surface area contributed by atoms with Crippen molar-refractivity contribution in [3.63, 3.8) is 0 Å². The number of carbonyl (C=O) groups excluding carboxylic acids is 1. The van der Waals surface area contributed by atoms with E-state index >= 15 is 0 Å². The molecule has 0 fully saturated rings. The molecule has 0 aromatic heterocycles. The molecular formula is C12H17FN2OS. The highest BCUT2D eigenvalue weighted by Gasteiger charge is 2.14. The van der Waals surface area contributed by atoms with E-state index in [2.05, 4.69) is 4.72 Å². The fourth-order valence-corrected chi connectivity index (χ4v) is 1.94. The number of halogens is 1. The normalized spacial score (nSPS) is 12.5. The van der Waals surface area contributed by atoms with Gasteiger partial charge in [-0.2, -0.15) is 0 Å². The van der Waals surface area contributed by atoms with Gasteiger partial charge in [0.25, 0.3) is 0 Å². The zero-order chi connectivity index (χ0) is 12.8. The molecule has 17 heavy (non-hydrogen) atoms. The van der Waals surface area contributed by atoms with Crippen molar-refractivity contribution < 1.29 is 9.18 Å². The fraction of sp³-hybridized carbons (Fsp3) is 0.417. The second-order valence-corrected chi connectivity index (χ2v) is 5.14. The van der Waals surface area contributed by atoms with Crippen LogP contribution in [0.25, 0.3) is 0 Å². The number of rotatable bonds is 5. The van der Waals surface area contributed by atoms with Gasteiger partial charge in [0.15, 0.2) is 0 Å². The van der Waals surface area contributed by atoms with E-state index < -0.39 is 6.04 Å². The predicted octanol–water partition coefficient (Wildman–Crippen LogP) is 2.32. The maximum atomic E-state index is 12.6. The van der Waals surface area contributed by atoms with E-state index in [4.69, 9.17) is 5.73 Å². The third kappa shape index (κ3) is 5.19. The van der Waals surface area contributed by atoms with Crippen molar-refractivity contribution in [3.8, 4) is 0 Å².